The summed E-state index contributed by atoms with van der Waals surface area (Å²) in [5, 5.41) is 0. The van der Waals surface area contributed by atoms with Crippen LogP contribution in [0.5, 0.6) is 0 Å². The fourth-order valence-corrected chi connectivity index (χ4v) is 4.27. The Hall–Kier alpha value is -2.40. The molecule has 0 atom stereocenters. The minimum absolute atomic E-state index is 0.0952. The normalized spacial score (nSPS) is 19.2. The molecular weight excluding hydrogens is 340 g/mol. The van der Waals surface area contributed by atoms with Gasteiger partial charge in [0.15, 0.2) is 12.0 Å². The number of hydrogen-bond donors (Lipinski definition) is 0. The number of nitrogens with zero attached hydrogens (tertiary/aromatic N) is 2. The highest BCUT2D eigenvalue weighted by Crippen LogP contribution is 2.25. The summed E-state index contributed by atoms with van der Waals surface area (Å²) in [5.41, 5.74) is 1.56. The lowest BCUT2D eigenvalue weighted by Gasteiger charge is -2.40. The highest BCUT2D eigenvalue weighted by Gasteiger charge is 2.27. The highest BCUT2D eigenvalue weighted by atomic mass is 16.3. The van der Waals surface area contributed by atoms with Gasteiger partial charge in [0.1, 0.15) is 5.76 Å². The van der Waals surface area contributed by atoms with Crippen LogP contribution in [-0.4, -0.2) is 54.2 Å². The third-order valence-electron chi connectivity index (χ3n) is 5.85. The van der Waals surface area contributed by atoms with E-state index in [0.29, 0.717) is 23.4 Å². The first kappa shape index (κ1) is 18.0. The number of aldehydes is 1. The Morgan fingerprint density at radius 3 is 2.26 bits per heavy atom. The molecule has 142 valence electrons. The van der Waals surface area contributed by atoms with Crippen LogP contribution in [0.1, 0.15) is 53.0 Å². The molecule has 1 aromatic carbocycles. The van der Waals surface area contributed by atoms with Gasteiger partial charge in [-0.05, 0) is 37.1 Å². The van der Waals surface area contributed by atoms with Crippen LogP contribution in [0.2, 0.25) is 0 Å². The first-order valence-electron chi connectivity index (χ1n) is 9.93. The van der Waals surface area contributed by atoms with Crippen LogP contribution in [-0.2, 0) is 0 Å². The maximum absolute atomic E-state index is 12.8. The van der Waals surface area contributed by atoms with E-state index >= 15 is 0 Å². The van der Waals surface area contributed by atoms with Gasteiger partial charge >= 0.3 is 0 Å². The van der Waals surface area contributed by atoms with Gasteiger partial charge in [0.2, 0.25) is 0 Å². The summed E-state index contributed by atoms with van der Waals surface area (Å²) in [6.07, 6.45) is 7.39. The zero-order valence-corrected chi connectivity index (χ0v) is 15.6. The molecule has 0 spiro atoms. The SMILES string of the molecule is O=Cc1ccc(-c2ccc(C(=O)N3CCN(C4CCCCC4)CC3)cc2)o1. The van der Waals surface area contributed by atoms with Crippen LogP contribution in [0.25, 0.3) is 11.3 Å². The Balaban J connectivity index is 1.36. The molecule has 5 heteroatoms. The van der Waals surface area contributed by atoms with E-state index in [1.807, 2.05) is 29.2 Å². The molecule has 0 bridgehead atoms. The molecule has 1 aliphatic carbocycles. The molecule has 2 aromatic rings. The summed E-state index contributed by atoms with van der Waals surface area (Å²) in [4.78, 5) is 28.1. The topological polar surface area (TPSA) is 53.8 Å². The minimum Gasteiger partial charge on any atom is -0.453 e. The number of piperazine rings is 1. The summed E-state index contributed by atoms with van der Waals surface area (Å²) in [6.45, 7) is 3.57. The predicted molar refractivity (Wildman–Crippen MR) is 104 cm³/mol. The number of benzene rings is 1. The fraction of sp³-hybridized carbons (Fsp3) is 0.455. The standard InChI is InChI=1S/C22H26N2O3/c25-16-20-10-11-21(27-20)17-6-8-18(9-7-17)22(26)24-14-12-23(13-15-24)19-4-2-1-3-5-19/h6-11,16,19H,1-5,12-15H2. The molecule has 2 aliphatic rings. The molecule has 0 unspecified atom stereocenters. The van der Waals surface area contributed by atoms with E-state index in [4.69, 9.17) is 4.42 Å². The molecule has 4 rings (SSSR count). The number of furan rings is 1. The van der Waals surface area contributed by atoms with Gasteiger partial charge in [-0.25, -0.2) is 0 Å². The van der Waals surface area contributed by atoms with Gasteiger partial charge in [0.05, 0.1) is 0 Å². The van der Waals surface area contributed by atoms with Crippen molar-refractivity contribution in [1.82, 2.24) is 9.80 Å². The molecule has 5 nitrogen and oxygen atoms in total. The summed E-state index contributed by atoms with van der Waals surface area (Å²) < 4.78 is 5.44. The number of amides is 1. The quantitative estimate of drug-likeness (QED) is 0.771. The number of rotatable bonds is 4. The van der Waals surface area contributed by atoms with Gasteiger partial charge in [0, 0.05) is 43.3 Å². The maximum atomic E-state index is 12.8. The summed E-state index contributed by atoms with van der Waals surface area (Å²) in [5.74, 6) is 1.04. The van der Waals surface area contributed by atoms with Crippen LogP contribution in [0.15, 0.2) is 40.8 Å². The smallest absolute Gasteiger partial charge is 0.253 e. The molecule has 0 radical (unpaired) electrons. The second kappa shape index (κ2) is 8.09. The van der Waals surface area contributed by atoms with Crippen molar-refractivity contribution in [3.63, 3.8) is 0 Å². The molecule has 1 aromatic heterocycles. The van der Waals surface area contributed by atoms with Crippen molar-refractivity contribution in [2.24, 2.45) is 0 Å². The first-order chi connectivity index (χ1) is 13.2. The van der Waals surface area contributed by atoms with Crippen LogP contribution in [0.4, 0.5) is 0 Å². The monoisotopic (exact) mass is 366 g/mol. The van der Waals surface area contributed by atoms with Gasteiger partial charge in [-0.2, -0.15) is 0 Å². The van der Waals surface area contributed by atoms with Crippen LogP contribution in [0.3, 0.4) is 0 Å². The first-order valence-corrected chi connectivity index (χ1v) is 9.93. The van der Waals surface area contributed by atoms with Gasteiger partial charge in [0.25, 0.3) is 5.91 Å². The number of hydrogen-bond acceptors (Lipinski definition) is 4. The summed E-state index contributed by atoms with van der Waals surface area (Å²) in [6, 6.07) is 11.6. The van der Waals surface area contributed by atoms with E-state index in [-0.39, 0.29) is 5.91 Å². The van der Waals surface area contributed by atoms with Crippen molar-refractivity contribution >= 4 is 12.2 Å². The second-order valence-electron chi connectivity index (χ2n) is 7.52. The van der Waals surface area contributed by atoms with Gasteiger partial charge in [-0.15, -0.1) is 0 Å². The zero-order chi connectivity index (χ0) is 18.6. The zero-order valence-electron chi connectivity index (χ0n) is 15.6. The molecule has 1 saturated carbocycles. The number of carbonyl (C=O) groups excluding carboxylic acids is 2. The van der Waals surface area contributed by atoms with Crippen molar-refractivity contribution in [2.45, 2.75) is 38.1 Å². The number of carbonyl (C=O) groups is 2. The van der Waals surface area contributed by atoms with Crippen molar-refractivity contribution < 1.29 is 14.0 Å². The lowest BCUT2D eigenvalue weighted by molar-refractivity contribution is 0.0523. The maximum Gasteiger partial charge on any atom is 0.253 e. The third-order valence-corrected chi connectivity index (χ3v) is 5.85. The second-order valence-corrected chi connectivity index (χ2v) is 7.52. The van der Waals surface area contributed by atoms with E-state index in [0.717, 1.165) is 37.8 Å². The predicted octanol–water partition coefficient (Wildman–Crippen LogP) is 3.85. The summed E-state index contributed by atoms with van der Waals surface area (Å²) >= 11 is 0. The Morgan fingerprint density at radius 2 is 1.63 bits per heavy atom. The Bertz CT molecular complexity index is 782. The van der Waals surface area contributed by atoms with E-state index in [1.165, 1.54) is 32.1 Å². The van der Waals surface area contributed by atoms with E-state index in [9.17, 15) is 9.59 Å². The molecular formula is C22H26N2O3. The third kappa shape index (κ3) is 3.98. The van der Waals surface area contributed by atoms with Crippen molar-refractivity contribution in [1.29, 1.82) is 0 Å². The van der Waals surface area contributed by atoms with Crippen LogP contribution in [0, 0.1) is 0 Å². The van der Waals surface area contributed by atoms with Crippen LogP contribution >= 0.6 is 0 Å². The highest BCUT2D eigenvalue weighted by molar-refractivity contribution is 5.94. The lowest BCUT2D eigenvalue weighted by atomic mass is 9.94. The van der Waals surface area contributed by atoms with Crippen molar-refractivity contribution in [2.75, 3.05) is 26.2 Å². The summed E-state index contributed by atoms with van der Waals surface area (Å²) in [7, 11) is 0. The molecule has 27 heavy (non-hydrogen) atoms. The Labute approximate surface area is 159 Å². The average molecular weight is 366 g/mol. The molecule has 2 heterocycles. The average Bonchev–Trinajstić information content (AvgIpc) is 3.23. The van der Waals surface area contributed by atoms with E-state index in [1.54, 1.807) is 12.1 Å². The minimum atomic E-state index is 0.0952. The molecule has 1 aliphatic heterocycles. The largest absolute Gasteiger partial charge is 0.453 e. The Kier molecular flexibility index (Phi) is 5.39. The molecule has 0 N–H and O–H groups in total. The van der Waals surface area contributed by atoms with Crippen LogP contribution < -0.4 is 0 Å². The Morgan fingerprint density at radius 1 is 0.926 bits per heavy atom. The van der Waals surface area contributed by atoms with Gasteiger partial charge in [-0.3, -0.25) is 14.5 Å². The lowest BCUT2D eigenvalue weighted by Crippen LogP contribution is -2.52. The van der Waals surface area contributed by atoms with Gasteiger partial charge < -0.3 is 9.32 Å². The fourth-order valence-electron chi connectivity index (χ4n) is 4.27. The van der Waals surface area contributed by atoms with E-state index < -0.39 is 0 Å². The van der Waals surface area contributed by atoms with E-state index in [2.05, 4.69) is 4.90 Å². The van der Waals surface area contributed by atoms with Gasteiger partial charge in [-0.1, -0.05) is 31.4 Å². The van der Waals surface area contributed by atoms with Crippen molar-refractivity contribution in [3.05, 3.63) is 47.7 Å². The molecule has 1 amide bonds. The molecule has 2 fully saturated rings. The van der Waals surface area contributed by atoms with Crippen molar-refractivity contribution in [3.8, 4) is 11.3 Å². The molecule has 1 saturated heterocycles.